The molecule has 28 heavy (non-hydrogen) atoms. The summed E-state index contributed by atoms with van der Waals surface area (Å²) < 4.78 is 11.3. The molecule has 0 fully saturated rings. The third kappa shape index (κ3) is 6.30. The molecular weight excluding hydrogens is 356 g/mol. The van der Waals surface area contributed by atoms with E-state index >= 15 is 0 Å². The minimum absolute atomic E-state index is 0.248. The van der Waals surface area contributed by atoms with Crippen molar-refractivity contribution in [2.75, 3.05) is 6.61 Å². The highest BCUT2D eigenvalue weighted by atomic mass is 16.5. The van der Waals surface area contributed by atoms with Gasteiger partial charge in [0.05, 0.1) is 6.61 Å². The van der Waals surface area contributed by atoms with Crippen molar-refractivity contribution in [2.24, 2.45) is 0 Å². The SMILES string of the molecule is Cc1ccccc1OCCCC(=O)NNC(=O)C(C)Oc1cccc(C)c1C. The van der Waals surface area contributed by atoms with E-state index < -0.39 is 12.0 Å². The molecule has 0 spiro atoms. The summed E-state index contributed by atoms with van der Waals surface area (Å²) in [6, 6.07) is 13.4. The second-order valence-corrected chi connectivity index (χ2v) is 6.71. The number of aryl methyl sites for hydroxylation is 2. The monoisotopic (exact) mass is 384 g/mol. The zero-order valence-corrected chi connectivity index (χ0v) is 16.9. The molecule has 2 N–H and O–H groups in total. The van der Waals surface area contributed by atoms with Crippen LogP contribution in [0.2, 0.25) is 0 Å². The van der Waals surface area contributed by atoms with E-state index in [1.54, 1.807) is 6.92 Å². The van der Waals surface area contributed by atoms with Crippen molar-refractivity contribution in [3.05, 3.63) is 59.2 Å². The van der Waals surface area contributed by atoms with Crippen LogP contribution < -0.4 is 20.3 Å². The molecule has 0 aliphatic heterocycles. The average molecular weight is 384 g/mol. The Morgan fingerprint density at radius 2 is 1.61 bits per heavy atom. The number of carbonyl (C=O) groups is 2. The summed E-state index contributed by atoms with van der Waals surface area (Å²) in [4.78, 5) is 24.0. The molecule has 0 aliphatic rings. The predicted molar refractivity (Wildman–Crippen MR) is 108 cm³/mol. The molecule has 0 heterocycles. The van der Waals surface area contributed by atoms with Crippen LogP contribution in [-0.4, -0.2) is 24.5 Å². The van der Waals surface area contributed by atoms with Gasteiger partial charge in [0.2, 0.25) is 5.91 Å². The lowest BCUT2D eigenvalue weighted by Crippen LogP contribution is -2.47. The van der Waals surface area contributed by atoms with E-state index in [1.165, 1.54) is 0 Å². The molecule has 150 valence electrons. The Morgan fingerprint density at radius 3 is 2.36 bits per heavy atom. The van der Waals surface area contributed by atoms with Gasteiger partial charge in [0.1, 0.15) is 11.5 Å². The summed E-state index contributed by atoms with van der Waals surface area (Å²) in [5, 5.41) is 0. The second kappa shape index (κ2) is 10.3. The number of para-hydroxylation sites is 1. The Kier molecular flexibility index (Phi) is 7.87. The van der Waals surface area contributed by atoms with Crippen LogP contribution in [0.15, 0.2) is 42.5 Å². The summed E-state index contributed by atoms with van der Waals surface area (Å²) in [5.74, 6) is 0.780. The van der Waals surface area contributed by atoms with Crippen LogP contribution in [0.5, 0.6) is 11.5 Å². The largest absolute Gasteiger partial charge is 0.493 e. The molecule has 2 aromatic carbocycles. The Balaban J connectivity index is 1.68. The van der Waals surface area contributed by atoms with Gasteiger partial charge in [-0.15, -0.1) is 0 Å². The van der Waals surface area contributed by atoms with Gasteiger partial charge in [-0.05, 0) is 62.9 Å². The molecule has 2 aromatic rings. The summed E-state index contributed by atoms with van der Waals surface area (Å²) in [5.41, 5.74) is 7.94. The van der Waals surface area contributed by atoms with E-state index in [0.717, 1.165) is 22.4 Å². The minimum Gasteiger partial charge on any atom is -0.493 e. The van der Waals surface area contributed by atoms with E-state index in [4.69, 9.17) is 9.47 Å². The molecule has 0 bridgehead atoms. The van der Waals surface area contributed by atoms with Crippen LogP contribution in [0.1, 0.15) is 36.5 Å². The van der Waals surface area contributed by atoms with Gasteiger partial charge >= 0.3 is 0 Å². The molecule has 1 unspecified atom stereocenters. The first kappa shape index (κ1) is 21.3. The van der Waals surface area contributed by atoms with Gasteiger partial charge in [0.25, 0.3) is 5.91 Å². The van der Waals surface area contributed by atoms with Gasteiger partial charge in [-0.2, -0.15) is 0 Å². The lowest BCUT2D eigenvalue weighted by atomic mass is 10.1. The molecule has 2 amide bonds. The van der Waals surface area contributed by atoms with Crippen molar-refractivity contribution < 1.29 is 19.1 Å². The summed E-state index contributed by atoms with van der Waals surface area (Å²) in [7, 11) is 0. The van der Waals surface area contributed by atoms with E-state index in [-0.39, 0.29) is 12.3 Å². The quantitative estimate of drug-likeness (QED) is 0.540. The van der Waals surface area contributed by atoms with Crippen LogP contribution in [-0.2, 0) is 9.59 Å². The molecule has 6 nitrogen and oxygen atoms in total. The van der Waals surface area contributed by atoms with Crippen molar-refractivity contribution in [1.29, 1.82) is 0 Å². The zero-order chi connectivity index (χ0) is 20.5. The smallest absolute Gasteiger partial charge is 0.279 e. The fourth-order valence-electron chi connectivity index (χ4n) is 2.52. The van der Waals surface area contributed by atoms with Gasteiger partial charge in [-0.3, -0.25) is 20.4 Å². The van der Waals surface area contributed by atoms with Crippen LogP contribution in [0.3, 0.4) is 0 Å². The number of benzene rings is 2. The van der Waals surface area contributed by atoms with Gasteiger partial charge < -0.3 is 9.47 Å². The molecule has 6 heteroatoms. The third-order valence-electron chi connectivity index (χ3n) is 4.45. The number of hydrogen-bond donors (Lipinski definition) is 2. The zero-order valence-electron chi connectivity index (χ0n) is 16.9. The van der Waals surface area contributed by atoms with E-state index in [1.807, 2.05) is 63.2 Å². The van der Waals surface area contributed by atoms with Crippen LogP contribution in [0, 0.1) is 20.8 Å². The standard InChI is InChI=1S/C22H28N2O4/c1-15-10-7-12-20(17(15)3)28-18(4)22(26)24-23-21(25)13-8-14-27-19-11-6-5-9-16(19)2/h5-7,9-12,18H,8,13-14H2,1-4H3,(H,23,25)(H,24,26). The molecule has 2 rings (SSSR count). The molecule has 0 aliphatic carbocycles. The Hall–Kier alpha value is -3.02. The number of rotatable bonds is 8. The third-order valence-corrected chi connectivity index (χ3v) is 4.45. The Labute approximate surface area is 166 Å². The van der Waals surface area contributed by atoms with Crippen LogP contribution >= 0.6 is 0 Å². The first-order valence-electron chi connectivity index (χ1n) is 9.38. The van der Waals surface area contributed by atoms with Gasteiger partial charge in [-0.25, -0.2) is 0 Å². The van der Waals surface area contributed by atoms with Crippen molar-refractivity contribution in [2.45, 2.75) is 46.6 Å². The van der Waals surface area contributed by atoms with E-state index in [0.29, 0.717) is 18.8 Å². The Morgan fingerprint density at radius 1 is 0.929 bits per heavy atom. The van der Waals surface area contributed by atoms with Gasteiger partial charge in [0, 0.05) is 6.42 Å². The number of amides is 2. The highest BCUT2D eigenvalue weighted by Gasteiger charge is 2.16. The topological polar surface area (TPSA) is 76.7 Å². The highest BCUT2D eigenvalue weighted by Crippen LogP contribution is 2.21. The van der Waals surface area contributed by atoms with E-state index in [9.17, 15) is 9.59 Å². The number of ether oxygens (including phenoxy) is 2. The van der Waals surface area contributed by atoms with Crippen molar-refractivity contribution in [1.82, 2.24) is 10.9 Å². The number of hydrogen-bond acceptors (Lipinski definition) is 4. The fraction of sp³-hybridized carbons (Fsp3) is 0.364. The first-order valence-corrected chi connectivity index (χ1v) is 9.38. The molecular formula is C22H28N2O4. The lowest BCUT2D eigenvalue weighted by molar-refractivity contribution is -0.132. The minimum atomic E-state index is -0.731. The fourth-order valence-corrected chi connectivity index (χ4v) is 2.52. The first-order chi connectivity index (χ1) is 13.4. The number of nitrogens with one attached hydrogen (secondary N) is 2. The van der Waals surface area contributed by atoms with E-state index in [2.05, 4.69) is 10.9 Å². The van der Waals surface area contributed by atoms with Gasteiger partial charge in [0.15, 0.2) is 6.10 Å². The molecule has 0 radical (unpaired) electrons. The van der Waals surface area contributed by atoms with Crippen LogP contribution in [0.4, 0.5) is 0 Å². The van der Waals surface area contributed by atoms with Crippen molar-refractivity contribution in [3.8, 4) is 11.5 Å². The van der Waals surface area contributed by atoms with Crippen molar-refractivity contribution >= 4 is 11.8 Å². The average Bonchev–Trinajstić information content (AvgIpc) is 2.68. The molecule has 0 saturated heterocycles. The summed E-state index contributed by atoms with van der Waals surface area (Å²) >= 11 is 0. The molecule has 0 saturated carbocycles. The molecule has 0 aromatic heterocycles. The van der Waals surface area contributed by atoms with Crippen LogP contribution in [0.25, 0.3) is 0 Å². The van der Waals surface area contributed by atoms with Gasteiger partial charge in [-0.1, -0.05) is 30.3 Å². The molecule has 1 atom stereocenters. The predicted octanol–water partition coefficient (Wildman–Crippen LogP) is 3.39. The maximum atomic E-state index is 12.1. The van der Waals surface area contributed by atoms with Crippen molar-refractivity contribution in [3.63, 3.8) is 0 Å². The maximum absolute atomic E-state index is 12.1. The maximum Gasteiger partial charge on any atom is 0.279 e. The second-order valence-electron chi connectivity index (χ2n) is 6.71. The number of carbonyl (C=O) groups excluding carboxylic acids is 2. The Bertz CT molecular complexity index is 820. The summed E-state index contributed by atoms with van der Waals surface area (Å²) in [6.45, 7) is 7.96. The normalized spacial score (nSPS) is 11.4. The highest BCUT2D eigenvalue weighted by molar-refractivity contribution is 5.84. The number of hydrazine groups is 1. The summed E-state index contributed by atoms with van der Waals surface area (Å²) in [6.07, 6.45) is 0.0633. The lowest BCUT2D eigenvalue weighted by Gasteiger charge is -2.17.